The number of rotatable bonds is 4. The molecule has 1 aliphatic heterocycles. The number of nitrogens with zero attached hydrogens (tertiary/aromatic N) is 1. The molecule has 0 saturated carbocycles. The number of hydrogen-bond donors (Lipinski definition) is 0. The van der Waals surface area contributed by atoms with Crippen molar-refractivity contribution in [1.82, 2.24) is 4.90 Å². The van der Waals surface area contributed by atoms with Crippen LogP contribution in [0.25, 0.3) is 0 Å². The van der Waals surface area contributed by atoms with Gasteiger partial charge in [-0.25, -0.2) is 0 Å². The van der Waals surface area contributed by atoms with Crippen LogP contribution in [0, 0.1) is 19.8 Å². The van der Waals surface area contributed by atoms with Gasteiger partial charge in [0.15, 0.2) is 0 Å². The quantitative estimate of drug-likeness (QED) is 0.843. The molecule has 0 radical (unpaired) electrons. The van der Waals surface area contributed by atoms with Crippen molar-refractivity contribution in [2.24, 2.45) is 5.92 Å². The number of carbonyl (C=O) groups is 1. The molecule has 0 N–H and O–H groups in total. The number of ether oxygens (including phenoxy) is 1. The molecule has 1 aliphatic rings. The van der Waals surface area contributed by atoms with E-state index in [1.165, 1.54) is 12.0 Å². The van der Waals surface area contributed by atoms with Gasteiger partial charge in [-0.3, -0.25) is 4.79 Å². The minimum atomic E-state index is 0.224. The van der Waals surface area contributed by atoms with E-state index in [2.05, 4.69) is 19.1 Å². The smallest absolute Gasteiger partial charge is 0.226 e. The SMILES string of the molecule is Cc1ccc(C)c(OCCC(=O)N2CCCC(C)C2)c1. The van der Waals surface area contributed by atoms with E-state index < -0.39 is 0 Å². The van der Waals surface area contributed by atoms with Crippen molar-refractivity contribution in [3.63, 3.8) is 0 Å². The first-order chi connectivity index (χ1) is 9.56. The summed E-state index contributed by atoms with van der Waals surface area (Å²) in [4.78, 5) is 14.1. The van der Waals surface area contributed by atoms with Crippen LogP contribution in [0.4, 0.5) is 0 Å². The lowest BCUT2D eigenvalue weighted by molar-refractivity contribution is -0.133. The third-order valence-corrected chi connectivity index (χ3v) is 3.93. The van der Waals surface area contributed by atoms with Crippen LogP contribution in [0.2, 0.25) is 0 Å². The third kappa shape index (κ3) is 3.99. The second-order valence-electron chi connectivity index (χ2n) is 5.95. The molecule has 0 spiro atoms. The predicted molar refractivity (Wildman–Crippen MR) is 81.0 cm³/mol. The van der Waals surface area contributed by atoms with E-state index in [-0.39, 0.29) is 5.91 Å². The maximum absolute atomic E-state index is 12.1. The summed E-state index contributed by atoms with van der Waals surface area (Å²) in [5.74, 6) is 1.75. The summed E-state index contributed by atoms with van der Waals surface area (Å²) in [6.07, 6.45) is 2.84. The highest BCUT2D eigenvalue weighted by atomic mass is 16.5. The van der Waals surface area contributed by atoms with Gasteiger partial charge in [-0.1, -0.05) is 19.1 Å². The molecule has 0 bridgehead atoms. The van der Waals surface area contributed by atoms with Gasteiger partial charge >= 0.3 is 0 Å². The molecule has 110 valence electrons. The van der Waals surface area contributed by atoms with Gasteiger partial charge in [-0.05, 0) is 49.8 Å². The van der Waals surface area contributed by atoms with Crippen LogP contribution in [0.1, 0.15) is 37.3 Å². The van der Waals surface area contributed by atoms with Gasteiger partial charge in [-0.2, -0.15) is 0 Å². The highest BCUT2D eigenvalue weighted by Crippen LogP contribution is 2.20. The first kappa shape index (κ1) is 14.9. The summed E-state index contributed by atoms with van der Waals surface area (Å²) in [6, 6.07) is 6.16. The lowest BCUT2D eigenvalue weighted by atomic mass is 10.0. The van der Waals surface area contributed by atoms with Crippen LogP contribution >= 0.6 is 0 Å². The summed E-state index contributed by atoms with van der Waals surface area (Å²) in [6.45, 7) is 8.57. The lowest BCUT2D eigenvalue weighted by Gasteiger charge is -2.31. The Morgan fingerprint density at radius 3 is 2.95 bits per heavy atom. The van der Waals surface area contributed by atoms with Crippen molar-refractivity contribution in [1.29, 1.82) is 0 Å². The molecule has 1 unspecified atom stereocenters. The van der Waals surface area contributed by atoms with Crippen LogP contribution in [0.3, 0.4) is 0 Å². The van der Waals surface area contributed by atoms with Gasteiger partial charge in [0, 0.05) is 13.1 Å². The number of hydrogen-bond acceptors (Lipinski definition) is 2. The zero-order valence-electron chi connectivity index (χ0n) is 12.8. The molecular formula is C17H25NO2. The van der Waals surface area contributed by atoms with Gasteiger partial charge in [0.1, 0.15) is 5.75 Å². The number of amides is 1. The molecule has 1 saturated heterocycles. The average Bonchev–Trinajstić information content (AvgIpc) is 2.42. The molecule has 3 nitrogen and oxygen atoms in total. The van der Waals surface area contributed by atoms with Crippen molar-refractivity contribution >= 4 is 5.91 Å². The topological polar surface area (TPSA) is 29.5 Å². The molecule has 1 amide bonds. The minimum absolute atomic E-state index is 0.224. The van der Waals surface area contributed by atoms with Gasteiger partial charge in [0.25, 0.3) is 0 Å². The van der Waals surface area contributed by atoms with E-state index in [1.807, 2.05) is 24.8 Å². The van der Waals surface area contributed by atoms with Crippen molar-refractivity contribution in [2.45, 2.75) is 40.0 Å². The van der Waals surface area contributed by atoms with Gasteiger partial charge in [0.05, 0.1) is 13.0 Å². The van der Waals surface area contributed by atoms with E-state index >= 15 is 0 Å². The van der Waals surface area contributed by atoms with Gasteiger partial charge in [-0.15, -0.1) is 0 Å². The van der Waals surface area contributed by atoms with Crippen LogP contribution in [-0.2, 0) is 4.79 Å². The van der Waals surface area contributed by atoms with Gasteiger partial charge in [0.2, 0.25) is 5.91 Å². The monoisotopic (exact) mass is 275 g/mol. The van der Waals surface area contributed by atoms with E-state index in [0.717, 1.165) is 30.8 Å². The summed E-state index contributed by atoms with van der Waals surface area (Å²) in [5.41, 5.74) is 2.30. The maximum atomic E-state index is 12.1. The molecule has 0 aliphatic carbocycles. The molecule has 20 heavy (non-hydrogen) atoms. The van der Waals surface area contributed by atoms with Crippen LogP contribution in [0.15, 0.2) is 18.2 Å². The minimum Gasteiger partial charge on any atom is -0.493 e. The first-order valence-corrected chi connectivity index (χ1v) is 7.54. The fourth-order valence-corrected chi connectivity index (χ4v) is 2.69. The van der Waals surface area contributed by atoms with E-state index in [1.54, 1.807) is 0 Å². The van der Waals surface area contributed by atoms with Crippen molar-refractivity contribution < 1.29 is 9.53 Å². The number of carbonyl (C=O) groups excluding carboxylic acids is 1. The molecule has 1 heterocycles. The maximum Gasteiger partial charge on any atom is 0.226 e. The Morgan fingerprint density at radius 1 is 1.40 bits per heavy atom. The summed E-state index contributed by atoms with van der Waals surface area (Å²) >= 11 is 0. The normalized spacial score (nSPS) is 18.9. The van der Waals surface area contributed by atoms with Crippen LogP contribution < -0.4 is 4.74 Å². The molecular weight excluding hydrogens is 250 g/mol. The number of likely N-dealkylation sites (tertiary alicyclic amines) is 1. The van der Waals surface area contributed by atoms with E-state index in [0.29, 0.717) is 18.9 Å². The Morgan fingerprint density at radius 2 is 2.20 bits per heavy atom. The summed E-state index contributed by atoms with van der Waals surface area (Å²) in [5, 5.41) is 0. The largest absolute Gasteiger partial charge is 0.493 e. The second kappa shape index (κ2) is 6.78. The zero-order chi connectivity index (χ0) is 14.5. The van der Waals surface area contributed by atoms with E-state index in [9.17, 15) is 4.79 Å². The first-order valence-electron chi connectivity index (χ1n) is 7.54. The zero-order valence-corrected chi connectivity index (χ0v) is 12.8. The highest BCUT2D eigenvalue weighted by molar-refractivity contribution is 5.76. The number of benzene rings is 1. The Kier molecular flexibility index (Phi) is 5.05. The number of aryl methyl sites for hydroxylation is 2. The molecule has 0 aromatic heterocycles. The van der Waals surface area contributed by atoms with Crippen LogP contribution in [-0.4, -0.2) is 30.5 Å². The molecule has 1 fully saturated rings. The average molecular weight is 275 g/mol. The fraction of sp³-hybridized carbons (Fsp3) is 0.588. The Balaban J connectivity index is 1.80. The highest BCUT2D eigenvalue weighted by Gasteiger charge is 2.20. The van der Waals surface area contributed by atoms with Crippen molar-refractivity contribution in [3.05, 3.63) is 29.3 Å². The third-order valence-electron chi connectivity index (χ3n) is 3.93. The Bertz CT molecular complexity index is 470. The summed E-state index contributed by atoms with van der Waals surface area (Å²) in [7, 11) is 0. The molecule has 2 rings (SSSR count). The van der Waals surface area contributed by atoms with Crippen molar-refractivity contribution in [2.75, 3.05) is 19.7 Å². The lowest BCUT2D eigenvalue weighted by Crippen LogP contribution is -2.39. The molecule has 1 aromatic rings. The predicted octanol–water partition coefficient (Wildman–Crippen LogP) is 3.33. The summed E-state index contributed by atoms with van der Waals surface area (Å²) < 4.78 is 5.76. The standard InChI is InChI=1S/C17H25NO2/c1-13-6-7-15(3)16(11-13)20-10-8-17(19)18-9-4-5-14(2)12-18/h6-7,11,14H,4-5,8-10,12H2,1-3H3. The molecule has 3 heteroatoms. The van der Waals surface area contributed by atoms with Crippen LogP contribution in [0.5, 0.6) is 5.75 Å². The van der Waals surface area contributed by atoms with Crippen molar-refractivity contribution in [3.8, 4) is 5.75 Å². The fourth-order valence-electron chi connectivity index (χ4n) is 2.69. The Labute approximate surface area is 121 Å². The second-order valence-corrected chi connectivity index (χ2v) is 5.95. The Hall–Kier alpha value is -1.51. The molecule has 1 atom stereocenters. The number of piperidine rings is 1. The van der Waals surface area contributed by atoms with E-state index in [4.69, 9.17) is 4.74 Å². The molecule has 1 aromatic carbocycles. The van der Waals surface area contributed by atoms with Gasteiger partial charge < -0.3 is 9.64 Å².